The van der Waals surface area contributed by atoms with Crippen LogP contribution in [0.5, 0.6) is 5.75 Å². The normalized spacial score (nSPS) is 19.0. The Balaban J connectivity index is 1.79. The maximum absolute atomic E-state index is 12.0. The van der Waals surface area contributed by atoms with Crippen LogP contribution >= 0.6 is 0 Å². The number of alkyl halides is 2. The number of carbonyl (C=O) groups is 2. The van der Waals surface area contributed by atoms with Gasteiger partial charge >= 0.3 is 12.6 Å². The summed E-state index contributed by atoms with van der Waals surface area (Å²) in [5.74, 6) is -1.64. The zero-order valence-electron chi connectivity index (χ0n) is 12.4. The maximum Gasteiger partial charge on any atom is 0.387 e. The number of benzene rings is 1. The Morgan fingerprint density at radius 2 is 1.92 bits per heavy atom. The van der Waals surface area contributed by atoms with Gasteiger partial charge in [0.1, 0.15) is 5.75 Å². The highest BCUT2D eigenvalue weighted by molar-refractivity contribution is 7.91. The Labute approximate surface area is 136 Å². The molecule has 1 N–H and O–H groups in total. The van der Waals surface area contributed by atoms with Gasteiger partial charge in [-0.3, -0.25) is 4.79 Å². The van der Waals surface area contributed by atoms with Crippen LogP contribution in [0, 0.1) is 0 Å². The van der Waals surface area contributed by atoms with Gasteiger partial charge in [-0.2, -0.15) is 8.78 Å². The molecular formula is C14H15F2NO6S. The van der Waals surface area contributed by atoms with Gasteiger partial charge in [-0.25, -0.2) is 13.2 Å². The van der Waals surface area contributed by atoms with Crippen molar-refractivity contribution in [1.82, 2.24) is 5.32 Å². The van der Waals surface area contributed by atoms with E-state index in [4.69, 9.17) is 4.74 Å². The summed E-state index contributed by atoms with van der Waals surface area (Å²) in [5.41, 5.74) is 0.0628. The molecule has 0 bridgehead atoms. The fraction of sp³-hybridized carbons (Fsp3) is 0.429. The zero-order valence-corrected chi connectivity index (χ0v) is 13.2. The Morgan fingerprint density at radius 3 is 2.46 bits per heavy atom. The molecule has 1 heterocycles. The number of halogens is 2. The van der Waals surface area contributed by atoms with Gasteiger partial charge in [-0.05, 0) is 30.7 Å². The number of nitrogens with one attached hydrogen (secondary N) is 1. The van der Waals surface area contributed by atoms with Gasteiger partial charge in [0.2, 0.25) is 0 Å². The van der Waals surface area contributed by atoms with E-state index < -0.39 is 41.0 Å². The van der Waals surface area contributed by atoms with Crippen LogP contribution in [0.15, 0.2) is 24.3 Å². The van der Waals surface area contributed by atoms with E-state index in [2.05, 4.69) is 10.1 Å². The molecule has 1 aliphatic heterocycles. The second kappa shape index (κ2) is 7.56. The molecule has 0 radical (unpaired) electrons. The molecule has 0 saturated carbocycles. The second-order valence-electron chi connectivity index (χ2n) is 5.15. The van der Waals surface area contributed by atoms with Crippen LogP contribution < -0.4 is 10.1 Å². The highest BCUT2D eigenvalue weighted by Crippen LogP contribution is 2.15. The van der Waals surface area contributed by atoms with Crippen molar-refractivity contribution >= 4 is 21.7 Å². The van der Waals surface area contributed by atoms with Gasteiger partial charge in [0.25, 0.3) is 5.91 Å². The lowest BCUT2D eigenvalue weighted by atomic mass is 10.2. The summed E-state index contributed by atoms with van der Waals surface area (Å²) < 4.78 is 55.5. The van der Waals surface area contributed by atoms with Crippen LogP contribution in [0.4, 0.5) is 8.78 Å². The van der Waals surface area contributed by atoms with E-state index in [1.807, 2.05) is 0 Å². The lowest BCUT2D eigenvalue weighted by Crippen LogP contribution is -2.38. The topological polar surface area (TPSA) is 98.8 Å². The van der Waals surface area contributed by atoms with Crippen molar-refractivity contribution in [2.45, 2.75) is 19.1 Å². The number of hydrogen-bond donors (Lipinski definition) is 1. The summed E-state index contributed by atoms with van der Waals surface area (Å²) >= 11 is 0. The Kier molecular flexibility index (Phi) is 5.71. The summed E-state index contributed by atoms with van der Waals surface area (Å²) in [4.78, 5) is 23.4. The molecule has 0 unspecified atom stereocenters. The quantitative estimate of drug-likeness (QED) is 0.749. The van der Waals surface area contributed by atoms with Gasteiger partial charge in [0.05, 0.1) is 17.1 Å². The van der Waals surface area contributed by atoms with Crippen LogP contribution in [0.1, 0.15) is 16.8 Å². The minimum atomic E-state index is -3.12. The highest BCUT2D eigenvalue weighted by Gasteiger charge is 2.29. The van der Waals surface area contributed by atoms with Gasteiger partial charge in [0.15, 0.2) is 16.4 Å². The summed E-state index contributed by atoms with van der Waals surface area (Å²) in [7, 11) is -3.12. The van der Waals surface area contributed by atoms with E-state index in [0.717, 1.165) is 0 Å². The van der Waals surface area contributed by atoms with Crippen molar-refractivity contribution in [2.75, 3.05) is 18.1 Å². The van der Waals surface area contributed by atoms with Crippen LogP contribution in [0.25, 0.3) is 0 Å². The van der Waals surface area contributed by atoms with Crippen molar-refractivity contribution in [2.24, 2.45) is 0 Å². The minimum Gasteiger partial charge on any atom is -0.452 e. The summed E-state index contributed by atoms with van der Waals surface area (Å²) in [6, 6.07) is 4.31. The molecule has 2 rings (SSSR count). The molecule has 1 amide bonds. The first kappa shape index (κ1) is 18.1. The van der Waals surface area contributed by atoms with E-state index in [1.54, 1.807) is 0 Å². The third-order valence-electron chi connectivity index (χ3n) is 3.25. The van der Waals surface area contributed by atoms with E-state index in [9.17, 15) is 26.8 Å². The van der Waals surface area contributed by atoms with Crippen molar-refractivity contribution in [3.8, 4) is 5.75 Å². The number of rotatable bonds is 6. The number of esters is 1. The Bertz CT molecular complexity index is 704. The lowest BCUT2D eigenvalue weighted by Gasteiger charge is -2.11. The minimum absolute atomic E-state index is 0.0186. The van der Waals surface area contributed by atoms with E-state index in [0.29, 0.717) is 6.42 Å². The SMILES string of the molecule is O=C(COC(=O)c1ccc(OC(F)F)cc1)N[C@@H]1CCS(=O)(=O)C1. The van der Waals surface area contributed by atoms with E-state index in [-0.39, 0.29) is 22.8 Å². The first-order valence-corrected chi connectivity index (χ1v) is 8.79. The lowest BCUT2D eigenvalue weighted by molar-refractivity contribution is -0.124. The molecule has 1 aliphatic rings. The average molecular weight is 363 g/mol. The van der Waals surface area contributed by atoms with E-state index >= 15 is 0 Å². The maximum atomic E-state index is 12.0. The van der Waals surface area contributed by atoms with Gasteiger partial charge < -0.3 is 14.8 Å². The number of carbonyl (C=O) groups excluding carboxylic acids is 2. The van der Waals surface area contributed by atoms with Gasteiger partial charge in [-0.1, -0.05) is 0 Å². The molecule has 0 aliphatic carbocycles. The fourth-order valence-electron chi connectivity index (χ4n) is 2.17. The van der Waals surface area contributed by atoms with Crippen LogP contribution in [0.2, 0.25) is 0 Å². The molecule has 0 aromatic heterocycles. The summed E-state index contributed by atoms with van der Waals surface area (Å²) in [6.07, 6.45) is 0.327. The molecule has 24 heavy (non-hydrogen) atoms. The third kappa shape index (κ3) is 5.44. The largest absolute Gasteiger partial charge is 0.452 e. The molecule has 10 heteroatoms. The Morgan fingerprint density at radius 1 is 1.25 bits per heavy atom. The monoisotopic (exact) mass is 363 g/mol. The molecule has 1 atom stereocenters. The van der Waals surface area contributed by atoms with Crippen molar-refractivity contribution in [3.05, 3.63) is 29.8 Å². The predicted molar refractivity (Wildman–Crippen MR) is 78.6 cm³/mol. The zero-order chi connectivity index (χ0) is 17.7. The molecular weight excluding hydrogens is 348 g/mol. The fourth-order valence-corrected chi connectivity index (χ4v) is 3.84. The number of ether oxygens (including phenoxy) is 2. The first-order valence-electron chi connectivity index (χ1n) is 6.97. The summed E-state index contributed by atoms with van der Waals surface area (Å²) in [6.45, 7) is -3.53. The Hall–Kier alpha value is -2.23. The van der Waals surface area contributed by atoms with Crippen molar-refractivity contribution in [1.29, 1.82) is 0 Å². The second-order valence-corrected chi connectivity index (χ2v) is 7.38. The van der Waals surface area contributed by atoms with Crippen LogP contribution in [-0.4, -0.2) is 51.1 Å². The molecule has 7 nitrogen and oxygen atoms in total. The standard InChI is InChI=1S/C14H15F2NO6S/c15-14(16)23-11-3-1-9(2-4-11)13(19)22-7-12(18)17-10-5-6-24(20,21)8-10/h1-4,10,14H,5-8H2,(H,17,18)/t10-/m1/s1. The van der Waals surface area contributed by atoms with Crippen LogP contribution in [0.3, 0.4) is 0 Å². The smallest absolute Gasteiger partial charge is 0.387 e. The molecule has 0 spiro atoms. The predicted octanol–water partition coefficient (Wildman–Crippen LogP) is 0.748. The van der Waals surface area contributed by atoms with Gasteiger partial charge in [-0.15, -0.1) is 0 Å². The third-order valence-corrected chi connectivity index (χ3v) is 5.02. The molecule has 1 fully saturated rings. The molecule has 1 aromatic rings. The van der Waals surface area contributed by atoms with Crippen molar-refractivity contribution < 1.29 is 36.3 Å². The van der Waals surface area contributed by atoms with E-state index in [1.165, 1.54) is 24.3 Å². The molecule has 132 valence electrons. The average Bonchev–Trinajstić information content (AvgIpc) is 2.83. The number of hydrogen-bond acceptors (Lipinski definition) is 6. The van der Waals surface area contributed by atoms with Crippen molar-refractivity contribution in [3.63, 3.8) is 0 Å². The number of amides is 1. The highest BCUT2D eigenvalue weighted by atomic mass is 32.2. The summed E-state index contributed by atoms with van der Waals surface area (Å²) in [5, 5.41) is 2.47. The first-order chi connectivity index (χ1) is 11.2. The molecule has 1 aromatic carbocycles. The number of sulfone groups is 1. The molecule has 1 saturated heterocycles. The van der Waals surface area contributed by atoms with Gasteiger partial charge in [0, 0.05) is 6.04 Å². The van der Waals surface area contributed by atoms with Crippen LogP contribution in [-0.2, 0) is 19.4 Å².